The van der Waals surface area contributed by atoms with Crippen LogP contribution in [0.15, 0.2) is 16.6 Å². The normalized spacial score (nSPS) is 15.2. The van der Waals surface area contributed by atoms with Gasteiger partial charge in [0.15, 0.2) is 11.5 Å². The quantitative estimate of drug-likeness (QED) is 0.599. The maximum Gasteiger partial charge on any atom is 0.523 e. The lowest BCUT2D eigenvalue weighted by Gasteiger charge is -2.20. The molecule has 5 nitrogen and oxygen atoms in total. The fourth-order valence-corrected chi connectivity index (χ4v) is 2.49. The van der Waals surface area contributed by atoms with Crippen LogP contribution in [0.5, 0.6) is 11.5 Å². The Balaban J connectivity index is 2.17. The summed E-state index contributed by atoms with van der Waals surface area (Å²) >= 11 is 3.16. The number of rotatable bonds is 3. The summed E-state index contributed by atoms with van der Waals surface area (Å²) in [6.07, 6.45) is 0. The summed E-state index contributed by atoms with van der Waals surface area (Å²) in [5.74, 6) is 0.729. The van der Waals surface area contributed by atoms with Crippen LogP contribution in [0.3, 0.4) is 0 Å². The van der Waals surface area contributed by atoms with Crippen LogP contribution in [0, 0.1) is 0 Å². The molecule has 1 aliphatic heterocycles. The minimum atomic E-state index is -5.62. The molecule has 1 aromatic carbocycles. The van der Waals surface area contributed by atoms with E-state index >= 15 is 0 Å². The van der Waals surface area contributed by atoms with Crippen molar-refractivity contribution in [3.8, 4) is 11.5 Å². The molecule has 0 atom stereocenters. The van der Waals surface area contributed by atoms with Gasteiger partial charge in [0.05, 0.1) is 11.1 Å². The van der Waals surface area contributed by atoms with Crippen LogP contribution >= 0.6 is 15.9 Å². The summed E-state index contributed by atoms with van der Waals surface area (Å²) in [5.41, 5.74) is -5.24. The molecule has 0 bridgehead atoms. The number of fused-ring (bicyclic) bond motifs is 1. The SMILES string of the molecule is O=S(=O)(OCc1cc(Br)c2c(c1)OCCO2)C(F)(F)F. The molecule has 0 saturated heterocycles. The molecule has 0 unspecified atom stereocenters. The van der Waals surface area contributed by atoms with E-state index in [2.05, 4.69) is 20.1 Å². The van der Waals surface area contributed by atoms with E-state index in [1.807, 2.05) is 0 Å². The summed E-state index contributed by atoms with van der Waals surface area (Å²) < 4.78 is 72.9. The Hall–Kier alpha value is -1.00. The maximum absolute atomic E-state index is 12.1. The first kappa shape index (κ1) is 15.4. The van der Waals surface area contributed by atoms with Crippen LogP contribution in [-0.4, -0.2) is 27.1 Å². The first-order valence-electron chi connectivity index (χ1n) is 5.24. The van der Waals surface area contributed by atoms with E-state index in [4.69, 9.17) is 9.47 Å². The fraction of sp³-hybridized carbons (Fsp3) is 0.400. The maximum atomic E-state index is 12.1. The highest BCUT2D eigenvalue weighted by molar-refractivity contribution is 9.10. The van der Waals surface area contributed by atoms with Gasteiger partial charge in [-0.05, 0) is 33.6 Å². The Morgan fingerprint density at radius 2 is 1.90 bits per heavy atom. The van der Waals surface area contributed by atoms with Crippen molar-refractivity contribution in [2.45, 2.75) is 12.1 Å². The van der Waals surface area contributed by atoms with E-state index in [0.29, 0.717) is 29.2 Å². The summed E-state index contributed by atoms with van der Waals surface area (Å²) in [4.78, 5) is 0. The molecule has 2 rings (SSSR count). The highest BCUT2D eigenvalue weighted by atomic mass is 79.9. The topological polar surface area (TPSA) is 61.8 Å². The van der Waals surface area contributed by atoms with Crippen LogP contribution in [0.2, 0.25) is 0 Å². The van der Waals surface area contributed by atoms with E-state index in [1.165, 1.54) is 12.1 Å². The Kier molecular flexibility index (Phi) is 4.17. The van der Waals surface area contributed by atoms with Crippen molar-refractivity contribution >= 4 is 26.0 Å². The molecular weight excluding hydrogens is 369 g/mol. The number of ether oxygens (including phenoxy) is 2. The monoisotopic (exact) mass is 376 g/mol. The first-order chi connectivity index (χ1) is 9.21. The van der Waals surface area contributed by atoms with E-state index in [-0.39, 0.29) is 5.56 Å². The number of hydrogen-bond acceptors (Lipinski definition) is 5. The van der Waals surface area contributed by atoms with Gasteiger partial charge >= 0.3 is 15.6 Å². The summed E-state index contributed by atoms with van der Waals surface area (Å²) in [6.45, 7) is -0.106. The third-order valence-electron chi connectivity index (χ3n) is 2.32. The Labute approximate surface area is 120 Å². The highest BCUT2D eigenvalue weighted by Crippen LogP contribution is 2.39. The molecule has 0 saturated carbocycles. The second-order valence-corrected chi connectivity index (χ2v) is 6.23. The molecule has 20 heavy (non-hydrogen) atoms. The fourth-order valence-electron chi connectivity index (χ4n) is 1.46. The van der Waals surface area contributed by atoms with Crippen molar-refractivity contribution in [2.24, 2.45) is 0 Å². The third-order valence-corrected chi connectivity index (χ3v) is 3.90. The van der Waals surface area contributed by atoms with Crippen molar-refractivity contribution < 1.29 is 35.2 Å². The molecule has 1 aromatic rings. The van der Waals surface area contributed by atoms with Gasteiger partial charge in [0.1, 0.15) is 13.2 Å². The number of benzene rings is 1. The summed E-state index contributed by atoms with van der Waals surface area (Å²) in [5, 5.41) is 0. The zero-order valence-electron chi connectivity index (χ0n) is 9.74. The second-order valence-electron chi connectivity index (χ2n) is 3.76. The van der Waals surface area contributed by atoms with Gasteiger partial charge < -0.3 is 9.47 Å². The Bertz CT molecular complexity index is 614. The van der Waals surface area contributed by atoms with Gasteiger partial charge in [-0.3, -0.25) is 4.18 Å². The number of alkyl halides is 3. The summed E-state index contributed by atoms with van der Waals surface area (Å²) in [7, 11) is -5.62. The van der Waals surface area contributed by atoms with Gasteiger partial charge in [-0.25, -0.2) is 0 Å². The largest absolute Gasteiger partial charge is 0.523 e. The van der Waals surface area contributed by atoms with E-state index in [9.17, 15) is 21.6 Å². The van der Waals surface area contributed by atoms with Gasteiger partial charge in [-0.15, -0.1) is 0 Å². The number of hydrogen-bond donors (Lipinski definition) is 0. The minimum Gasteiger partial charge on any atom is -0.486 e. The highest BCUT2D eigenvalue weighted by Gasteiger charge is 2.47. The zero-order valence-corrected chi connectivity index (χ0v) is 12.1. The third kappa shape index (κ3) is 3.18. The number of halogens is 4. The van der Waals surface area contributed by atoms with Crippen molar-refractivity contribution in [1.82, 2.24) is 0 Å². The van der Waals surface area contributed by atoms with Gasteiger partial charge in [-0.1, -0.05) is 0 Å². The second kappa shape index (κ2) is 5.41. The molecule has 0 radical (unpaired) electrons. The van der Waals surface area contributed by atoms with E-state index < -0.39 is 22.2 Å². The van der Waals surface area contributed by atoms with Gasteiger partial charge in [0.2, 0.25) is 0 Å². The molecule has 0 aliphatic carbocycles. The van der Waals surface area contributed by atoms with Crippen molar-refractivity contribution in [3.05, 3.63) is 22.2 Å². The van der Waals surface area contributed by atoms with Crippen LogP contribution < -0.4 is 9.47 Å². The molecule has 10 heteroatoms. The summed E-state index contributed by atoms with van der Waals surface area (Å²) in [6, 6.07) is 2.77. The Morgan fingerprint density at radius 3 is 2.55 bits per heavy atom. The zero-order chi connectivity index (χ0) is 15.0. The average Bonchev–Trinajstić information content (AvgIpc) is 2.35. The predicted molar refractivity (Wildman–Crippen MR) is 64.9 cm³/mol. The molecule has 0 spiro atoms. The molecule has 0 N–H and O–H groups in total. The molecule has 1 aliphatic rings. The minimum absolute atomic E-state index is 0.203. The van der Waals surface area contributed by atoms with Crippen molar-refractivity contribution in [1.29, 1.82) is 0 Å². The van der Waals surface area contributed by atoms with E-state index in [0.717, 1.165) is 0 Å². The van der Waals surface area contributed by atoms with E-state index in [1.54, 1.807) is 0 Å². The van der Waals surface area contributed by atoms with Crippen molar-refractivity contribution in [2.75, 3.05) is 13.2 Å². The van der Waals surface area contributed by atoms with Crippen LogP contribution in [-0.2, 0) is 20.9 Å². The molecule has 0 amide bonds. The Morgan fingerprint density at radius 1 is 1.25 bits per heavy atom. The standard InChI is InChI=1S/C10H8BrF3O5S/c11-7-3-6(4-8-9(7)18-2-1-17-8)5-19-20(15,16)10(12,13)14/h3-4H,1-2,5H2. The lowest BCUT2D eigenvalue weighted by molar-refractivity contribution is -0.0547. The molecular formula is C10H8BrF3O5S. The van der Waals surface area contributed by atoms with Crippen LogP contribution in [0.1, 0.15) is 5.56 Å². The van der Waals surface area contributed by atoms with Gasteiger partial charge in [0, 0.05) is 0 Å². The molecule has 0 aromatic heterocycles. The van der Waals surface area contributed by atoms with Crippen LogP contribution in [0.4, 0.5) is 13.2 Å². The smallest absolute Gasteiger partial charge is 0.486 e. The van der Waals surface area contributed by atoms with Crippen molar-refractivity contribution in [3.63, 3.8) is 0 Å². The average molecular weight is 377 g/mol. The molecule has 112 valence electrons. The van der Waals surface area contributed by atoms with Gasteiger partial charge in [-0.2, -0.15) is 21.6 Å². The lowest BCUT2D eigenvalue weighted by Crippen LogP contribution is -2.25. The lowest BCUT2D eigenvalue weighted by atomic mass is 10.2. The van der Waals surface area contributed by atoms with Gasteiger partial charge in [0.25, 0.3) is 0 Å². The predicted octanol–water partition coefficient (Wildman–Crippen LogP) is 2.59. The van der Waals surface area contributed by atoms with Crippen LogP contribution in [0.25, 0.3) is 0 Å². The molecule has 1 heterocycles. The molecule has 0 fully saturated rings. The first-order valence-corrected chi connectivity index (χ1v) is 7.44.